The summed E-state index contributed by atoms with van der Waals surface area (Å²) in [4.78, 5) is 12.6. The minimum absolute atomic E-state index is 0.112. The van der Waals surface area contributed by atoms with Gasteiger partial charge in [-0.2, -0.15) is 5.10 Å². The van der Waals surface area contributed by atoms with Crippen LogP contribution >= 0.6 is 0 Å². The number of carbonyl (C=O) groups excluding carboxylic acids is 1. The maximum atomic E-state index is 12.6. The first-order valence-electron chi connectivity index (χ1n) is 7.20. The van der Waals surface area contributed by atoms with Crippen LogP contribution in [0, 0.1) is 0 Å². The SMILES string of the molecule is CC(C)n1ccc(CC(=O)c2cccc3ccccc23)n1. The number of rotatable bonds is 4. The van der Waals surface area contributed by atoms with E-state index in [0.717, 1.165) is 22.0 Å². The van der Waals surface area contributed by atoms with Gasteiger partial charge < -0.3 is 0 Å². The highest BCUT2D eigenvalue weighted by molar-refractivity contribution is 6.08. The Morgan fingerprint density at radius 2 is 1.86 bits per heavy atom. The molecule has 0 spiro atoms. The van der Waals surface area contributed by atoms with E-state index in [4.69, 9.17) is 0 Å². The summed E-state index contributed by atoms with van der Waals surface area (Å²) in [5.74, 6) is 0.112. The first kappa shape index (κ1) is 13.6. The number of Topliss-reactive ketones (excluding diaryl/α,β-unsaturated/α-hetero) is 1. The Kier molecular flexibility index (Phi) is 3.57. The standard InChI is InChI=1S/C18H18N2O/c1-13(2)20-11-10-15(19-20)12-18(21)17-9-5-7-14-6-3-4-8-16(14)17/h3-11,13H,12H2,1-2H3. The Morgan fingerprint density at radius 3 is 2.62 bits per heavy atom. The molecule has 3 aromatic rings. The predicted octanol–water partition coefficient (Wildman–Crippen LogP) is 4.04. The number of hydrogen-bond donors (Lipinski definition) is 0. The lowest BCUT2D eigenvalue weighted by atomic mass is 9.99. The number of aromatic nitrogens is 2. The third-order valence-electron chi connectivity index (χ3n) is 3.62. The molecule has 0 aliphatic rings. The second kappa shape index (κ2) is 5.52. The Morgan fingerprint density at radius 1 is 1.10 bits per heavy atom. The highest BCUT2D eigenvalue weighted by Gasteiger charge is 2.12. The minimum Gasteiger partial charge on any atom is -0.294 e. The van der Waals surface area contributed by atoms with Crippen molar-refractivity contribution < 1.29 is 4.79 Å². The van der Waals surface area contributed by atoms with Crippen LogP contribution in [0.5, 0.6) is 0 Å². The van der Waals surface area contributed by atoms with Crippen molar-refractivity contribution in [2.45, 2.75) is 26.3 Å². The fourth-order valence-corrected chi connectivity index (χ4v) is 2.49. The first-order chi connectivity index (χ1) is 10.1. The molecule has 1 aromatic heterocycles. The van der Waals surface area contributed by atoms with Gasteiger partial charge in [0.15, 0.2) is 5.78 Å². The van der Waals surface area contributed by atoms with Crippen LogP contribution in [0.3, 0.4) is 0 Å². The average molecular weight is 278 g/mol. The van der Waals surface area contributed by atoms with Crippen molar-refractivity contribution in [3.63, 3.8) is 0 Å². The molecule has 0 saturated carbocycles. The molecule has 21 heavy (non-hydrogen) atoms. The van der Waals surface area contributed by atoms with Crippen LogP contribution in [0.2, 0.25) is 0 Å². The summed E-state index contributed by atoms with van der Waals surface area (Å²) in [5.41, 5.74) is 1.59. The van der Waals surface area contributed by atoms with Crippen molar-refractivity contribution in [3.8, 4) is 0 Å². The number of benzene rings is 2. The van der Waals surface area contributed by atoms with Crippen LogP contribution in [-0.4, -0.2) is 15.6 Å². The lowest BCUT2D eigenvalue weighted by Crippen LogP contribution is -2.07. The lowest BCUT2D eigenvalue weighted by Gasteiger charge is -2.05. The van der Waals surface area contributed by atoms with E-state index in [2.05, 4.69) is 18.9 Å². The Bertz CT molecular complexity index is 781. The van der Waals surface area contributed by atoms with Crippen LogP contribution in [0.4, 0.5) is 0 Å². The molecule has 0 aliphatic carbocycles. The fraction of sp³-hybridized carbons (Fsp3) is 0.222. The molecule has 3 nitrogen and oxygen atoms in total. The molecule has 1 heterocycles. The molecule has 0 bridgehead atoms. The lowest BCUT2D eigenvalue weighted by molar-refractivity contribution is 0.0993. The van der Waals surface area contributed by atoms with Crippen molar-refractivity contribution in [3.05, 3.63) is 66.0 Å². The average Bonchev–Trinajstić information content (AvgIpc) is 2.95. The van der Waals surface area contributed by atoms with E-state index in [1.807, 2.05) is 59.4 Å². The second-order valence-electron chi connectivity index (χ2n) is 5.51. The molecule has 3 rings (SSSR count). The van der Waals surface area contributed by atoms with Crippen LogP contribution in [0.1, 0.15) is 35.9 Å². The van der Waals surface area contributed by atoms with E-state index < -0.39 is 0 Å². The van der Waals surface area contributed by atoms with Gasteiger partial charge in [-0.15, -0.1) is 0 Å². The van der Waals surface area contributed by atoms with Crippen LogP contribution in [0.25, 0.3) is 10.8 Å². The van der Waals surface area contributed by atoms with Gasteiger partial charge in [0.1, 0.15) is 0 Å². The molecule has 0 saturated heterocycles. The van der Waals surface area contributed by atoms with E-state index in [9.17, 15) is 4.79 Å². The van der Waals surface area contributed by atoms with Gasteiger partial charge in [-0.1, -0.05) is 42.5 Å². The quantitative estimate of drug-likeness (QED) is 0.675. The van der Waals surface area contributed by atoms with E-state index in [-0.39, 0.29) is 5.78 Å². The van der Waals surface area contributed by atoms with Crippen molar-refractivity contribution in [1.82, 2.24) is 9.78 Å². The zero-order valence-electron chi connectivity index (χ0n) is 12.3. The zero-order chi connectivity index (χ0) is 14.8. The molecule has 0 fully saturated rings. The first-order valence-corrected chi connectivity index (χ1v) is 7.20. The van der Waals surface area contributed by atoms with Gasteiger partial charge in [0.05, 0.1) is 12.1 Å². The molecule has 106 valence electrons. The summed E-state index contributed by atoms with van der Waals surface area (Å²) in [5, 5.41) is 6.55. The molecular formula is C18H18N2O. The van der Waals surface area contributed by atoms with Crippen LogP contribution < -0.4 is 0 Å². The van der Waals surface area contributed by atoms with E-state index >= 15 is 0 Å². The molecular weight excluding hydrogens is 260 g/mol. The van der Waals surface area contributed by atoms with Gasteiger partial charge in [0.2, 0.25) is 0 Å². The molecule has 0 radical (unpaired) electrons. The Balaban J connectivity index is 1.90. The Hall–Kier alpha value is -2.42. The van der Waals surface area contributed by atoms with E-state index in [1.165, 1.54) is 0 Å². The molecule has 2 aromatic carbocycles. The van der Waals surface area contributed by atoms with Gasteiger partial charge in [-0.25, -0.2) is 0 Å². The number of nitrogens with zero attached hydrogens (tertiary/aromatic N) is 2. The largest absolute Gasteiger partial charge is 0.294 e. The summed E-state index contributed by atoms with van der Waals surface area (Å²) < 4.78 is 1.88. The predicted molar refractivity (Wildman–Crippen MR) is 84.6 cm³/mol. The number of fused-ring (bicyclic) bond motifs is 1. The van der Waals surface area contributed by atoms with Crippen molar-refractivity contribution in [2.24, 2.45) is 0 Å². The maximum Gasteiger partial charge on any atom is 0.169 e. The van der Waals surface area contributed by atoms with Gasteiger partial charge in [0, 0.05) is 17.8 Å². The monoisotopic (exact) mass is 278 g/mol. The molecule has 0 N–H and O–H groups in total. The Labute approximate surface area is 124 Å². The van der Waals surface area contributed by atoms with Crippen LogP contribution in [0.15, 0.2) is 54.7 Å². The summed E-state index contributed by atoms with van der Waals surface area (Å²) in [7, 11) is 0. The molecule has 3 heteroatoms. The third kappa shape index (κ3) is 2.72. The topological polar surface area (TPSA) is 34.9 Å². The summed E-state index contributed by atoms with van der Waals surface area (Å²) >= 11 is 0. The van der Waals surface area contributed by atoms with Crippen molar-refractivity contribution in [1.29, 1.82) is 0 Å². The molecule has 0 atom stereocenters. The van der Waals surface area contributed by atoms with E-state index in [1.54, 1.807) is 0 Å². The summed E-state index contributed by atoms with van der Waals surface area (Å²) in [6.45, 7) is 4.15. The second-order valence-corrected chi connectivity index (χ2v) is 5.51. The molecule has 0 aliphatic heterocycles. The smallest absolute Gasteiger partial charge is 0.169 e. The summed E-state index contributed by atoms with van der Waals surface area (Å²) in [6.07, 6.45) is 2.27. The van der Waals surface area contributed by atoms with Gasteiger partial charge in [-0.3, -0.25) is 9.48 Å². The van der Waals surface area contributed by atoms with Crippen molar-refractivity contribution in [2.75, 3.05) is 0 Å². The molecule has 0 amide bonds. The van der Waals surface area contributed by atoms with Crippen LogP contribution in [-0.2, 0) is 6.42 Å². The number of hydrogen-bond acceptors (Lipinski definition) is 2. The normalized spacial score (nSPS) is 11.2. The molecule has 0 unspecified atom stereocenters. The number of carbonyl (C=O) groups is 1. The summed E-state index contributed by atoms with van der Waals surface area (Å²) in [6, 6.07) is 16.1. The third-order valence-corrected chi connectivity index (χ3v) is 3.62. The number of ketones is 1. The van der Waals surface area contributed by atoms with Crippen molar-refractivity contribution >= 4 is 16.6 Å². The van der Waals surface area contributed by atoms with Gasteiger partial charge in [0.25, 0.3) is 0 Å². The minimum atomic E-state index is 0.112. The van der Waals surface area contributed by atoms with E-state index in [0.29, 0.717) is 12.5 Å². The van der Waals surface area contributed by atoms with Gasteiger partial charge in [-0.05, 0) is 30.7 Å². The maximum absolute atomic E-state index is 12.6. The highest BCUT2D eigenvalue weighted by Crippen LogP contribution is 2.20. The van der Waals surface area contributed by atoms with Gasteiger partial charge >= 0.3 is 0 Å². The zero-order valence-corrected chi connectivity index (χ0v) is 12.3. The fourth-order valence-electron chi connectivity index (χ4n) is 2.49. The highest BCUT2D eigenvalue weighted by atomic mass is 16.1.